The predicted octanol–water partition coefficient (Wildman–Crippen LogP) is 0.581. The van der Waals surface area contributed by atoms with Crippen molar-refractivity contribution in [2.24, 2.45) is 5.92 Å². The molecule has 72 valence electrons. The van der Waals surface area contributed by atoms with Crippen molar-refractivity contribution in [3.63, 3.8) is 0 Å². The fourth-order valence-electron chi connectivity index (χ4n) is 1.75. The van der Waals surface area contributed by atoms with Gasteiger partial charge in [0.2, 0.25) is 0 Å². The zero-order valence-corrected chi connectivity index (χ0v) is 8.56. The van der Waals surface area contributed by atoms with Crippen molar-refractivity contribution in [3.05, 3.63) is 0 Å². The van der Waals surface area contributed by atoms with Gasteiger partial charge in [-0.15, -0.1) is 0 Å². The topological polar surface area (TPSA) is 54.4 Å². The van der Waals surface area contributed by atoms with Crippen LogP contribution in [0, 0.1) is 5.92 Å². The molecule has 12 heavy (non-hydrogen) atoms. The molecule has 1 aliphatic heterocycles. The number of hydrogen-bond donors (Lipinski definition) is 1. The molecule has 2 atom stereocenters. The second-order valence-corrected chi connectivity index (χ2v) is 6.35. The summed E-state index contributed by atoms with van der Waals surface area (Å²) in [6, 6.07) is 0. The lowest BCUT2D eigenvalue weighted by atomic mass is 9.85. The van der Waals surface area contributed by atoms with Crippen LogP contribution in [0.5, 0.6) is 0 Å². The molecule has 1 fully saturated rings. The van der Waals surface area contributed by atoms with Crippen LogP contribution in [0.15, 0.2) is 0 Å². The molecular weight excluding hydrogens is 176 g/mol. The Kier molecular flexibility index (Phi) is 2.25. The Morgan fingerprint density at radius 2 is 2.00 bits per heavy atom. The second-order valence-electron chi connectivity index (χ2n) is 3.91. The van der Waals surface area contributed by atoms with Crippen LogP contribution < -0.4 is 0 Å². The van der Waals surface area contributed by atoms with Gasteiger partial charge >= 0.3 is 0 Å². The normalized spacial score (nSPS) is 40.6. The molecule has 0 saturated carbocycles. The molecule has 0 amide bonds. The van der Waals surface area contributed by atoms with Gasteiger partial charge in [-0.2, -0.15) is 0 Å². The van der Waals surface area contributed by atoms with Crippen LogP contribution in [-0.2, 0) is 9.84 Å². The summed E-state index contributed by atoms with van der Waals surface area (Å²) < 4.78 is 22.6. The zero-order chi connectivity index (χ0) is 9.57. The van der Waals surface area contributed by atoms with Crippen molar-refractivity contribution in [2.75, 3.05) is 5.75 Å². The highest BCUT2D eigenvalue weighted by Gasteiger charge is 2.49. The fourth-order valence-corrected chi connectivity index (χ4v) is 3.73. The van der Waals surface area contributed by atoms with Crippen LogP contribution in [0.4, 0.5) is 0 Å². The van der Waals surface area contributed by atoms with Gasteiger partial charge in [-0.25, -0.2) is 8.42 Å². The highest BCUT2D eigenvalue weighted by Crippen LogP contribution is 2.36. The van der Waals surface area contributed by atoms with Crippen molar-refractivity contribution >= 4 is 9.84 Å². The Morgan fingerprint density at radius 1 is 1.50 bits per heavy atom. The molecule has 1 rings (SSSR count). The van der Waals surface area contributed by atoms with Crippen LogP contribution in [-0.4, -0.2) is 30.1 Å². The molecule has 4 heteroatoms. The summed E-state index contributed by atoms with van der Waals surface area (Å²) in [5, 5.41) is 9.39. The van der Waals surface area contributed by atoms with E-state index in [9.17, 15) is 13.5 Å². The minimum atomic E-state index is -3.03. The molecule has 0 aromatic heterocycles. The molecule has 3 nitrogen and oxygen atoms in total. The van der Waals surface area contributed by atoms with Gasteiger partial charge in [0.25, 0.3) is 0 Å². The Morgan fingerprint density at radius 3 is 2.17 bits per heavy atom. The van der Waals surface area contributed by atoms with E-state index in [1.54, 1.807) is 6.92 Å². The molecule has 1 saturated heterocycles. The number of rotatable bonds is 1. The predicted molar refractivity (Wildman–Crippen MR) is 47.7 cm³/mol. The molecule has 0 spiro atoms. The van der Waals surface area contributed by atoms with Crippen LogP contribution in [0.25, 0.3) is 0 Å². The fraction of sp³-hybridized carbons (Fsp3) is 1.00. The summed E-state index contributed by atoms with van der Waals surface area (Å²) in [5.74, 6) is 0.132. The molecule has 0 aromatic rings. The monoisotopic (exact) mass is 192 g/mol. The van der Waals surface area contributed by atoms with Crippen LogP contribution in [0.1, 0.15) is 27.2 Å². The number of aliphatic hydroxyl groups is 1. The first-order valence-electron chi connectivity index (χ1n) is 4.24. The molecule has 0 aromatic carbocycles. The summed E-state index contributed by atoms with van der Waals surface area (Å²) >= 11 is 0. The number of sulfone groups is 1. The van der Waals surface area contributed by atoms with E-state index < -0.39 is 20.7 Å². The lowest BCUT2D eigenvalue weighted by Gasteiger charge is -2.30. The van der Waals surface area contributed by atoms with Gasteiger partial charge < -0.3 is 5.11 Å². The average molecular weight is 192 g/mol. The molecule has 1 heterocycles. The van der Waals surface area contributed by atoms with E-state index in [0.29, 0.717) is 6.42 Å². The van der Waals surface area contributed by atoms with Gasteiger partial charge in [0, 0.05) is 0 Å². The first-order chi connectivity index (χ1) is 5.31. The van der Waals surface area contributed by atoms with Crippen molar-refractivity contribution < 1.29 is 13.5 Å². The second kappa shape index (κ2) is 2.70. The summed E-state index contributed by atoms with van der Waals surface area (Å²) in [6.07, 6.45) is 0.383. The molecule has 1 N–H and O–H groups in total. The van der Waals surface area contributed by atoms with Gasteiger partial charge in [0.05, 0.1) is 16.6 Å². The third-order valence-electron chi connectivity index (χ3n) is 3.03. The number of hydrogen-bond acceptors (Lipinski definition) is 3. The first-order valence-corrected chi connectivity index (χ1v) is 5.96. The van der Waals surface area contributed by atoms with Crippen LogP contribution in [0.3, 0.4) is 0 Å². The standard InChI is InChI=1S/C8H16O3S/c1-6(2)8(9)4-5-12(10,11)7(8)3/h6-7,9H,4-5H2,1-3H3. The van der Waals surface area contributed by atoms with Gasteiger partial charge in [-0.05, 0) is 19.3 Å². The van der Waals surface area contributed by atoms with Crippen LogP contribution >= 0.6 is 0 Å². The van der Waals surface area contributed by atoms with E-state index in [2.05, 4.69) is 0 Å². The van der Waals surface area contributed by atoms with Crippen molar-refractivity contribution in [1.29, 1.82) is 0 Å². The third-order valence-corrected chi connectivity index (χ3v) is 5.29. The summed E-state index contributed by atoms with van der Waals surface area (Å²) in [5.41, 5.74) is -1.00. The maximum atomic E-state index is 11.3. The maximum Gasteiger partial charge on any atom is 0.155 e. The van der Waals surface area contributed by atoms with Crippen LogP contribution in [0.2, 0.25) is 0 Å². The Labute approximate surface area is 73.7 Å². The van der Waals surface area contributed by atoms with E-state index in [1.807, 2.05) is 13.8 Å². The van der Waals surface area contributed by atoms with Gasteiger partial charge in [-0.3, -0.25) is 0 Å². The smallest absolute Gasteiger partial charge is 0.155 e. The first kappa shape index (κ1) is 9.99. The minimum Gasteiger partial charge on any atom is -0.388 e. The van der Waals surface area contributed by atoms with E-state index in [4.69, 9.17) is 0 Å². The average Bonchev–Trinajstić information content (AvgIpc) is 2.15. The lowest BCUT2D eigenvalue weighted by molar-refractivity contribution is -0.0000382. The highest BCUT2D eigenvalue weighted by atomic mass is 32.2. The third kappa shape index (κ3) is 1.27. The molecular formula is C8H16O3S. The molecule has 1 aliphatic rings. The summed E-state index contributed by atoms with van der Waals surface area (Å²) in [4.78, 5) is 0. The highest BCUT2D eigenvalue weighted by molar-refractivity contribution is 7.92. The van der Waals surface area contributed by atoms with Crippen molar-refractivity contribution in [1.82, 2.24) is 0 Å². The zero-order valence-electron chi connectivity index (χ0n) is 7.74. The van der Waals surface area contributed by atoms with Gasteiger partial charge in [-0.1, -0.05) is 13.8 Å². The van der Waals surface area contributed by atoms with E-state index in [-0.39, 0.29) is 11.7 Å². The van der Waals surface area contributed by atoms with Gasteiger partial charge in [0.1, 0.15) is 0 Å². The Hall–Kier alpha value is -0.0900. The summed E-state index contributed by atoms with van der Waals surface area (Å²) in [6.45, 7) is 5.32. The molecule has 0 aliphatic carbocycles. The van der Waals surface area contributed by atoms with Crippen molar-refractivity contribution in [2.45, 2.75) is 38.0 Å². The summed E-state index contributed by atoms with van der Waals surface area (Å²) in [7, 11) is -3.03. The quantitative estimate of drug-likeness (QED) is 0.661. The maximum absolute atomic E-state index is 11.3. The van der Waals surface area contributed by atoms with Crippen molar-refractivity contribution in [3.8, 4) is 0 Å². The van der Waals surface area contributed by atoms with E-state index in [0.717, 1.165) is 0 Å². The molecule has 0 bridgehead atoms. The molecule has 2 unspecified atom stereocenters. The van der Waals surface area contributed by atoms with E-state index >= 15 is 0 Å². The lowest BCUT2D eigenvalue weighted by Crippen LogP contribution is -2.43. The Balaban J connectivity index is 3.01. The van der Waals surface area contributed by atoms with Gasteiger partial charge in [0.15, 0.2) is 9.84 Å². The van der Waals surface area contributed by atoms with E-state index in [1.165, 1.54) is 0 Å². The minimum absolute atomic E-state index is 0.00442. The SMILES string of the molecule is CC(C)C1(O)CCS(=O)(=O)C1C. The molecule has 0 radical (unpaired) electrons. The Bertz CT molecular complexity index is 268. The largest absolute Gasteiger partial charge is 0.388 e.